The zero-order chi connectivity index (χ0) is 13.6. The Morgan fingerprint density at radius 1 is 1.47 bits per heavy atom. The van der Waals surface area contributed by atoms with Crippen LogP contribution in [0.3, 0.4) is 0 Å². The van der Waals surface area contributed by atoms with E-state index in [1.165, 1.54) is 0 Å². The first kappa shape index (κ1) is 12.6. The molecule has 19 heavy (non-hydrogen) atoms. The molecule has 0 radical (unpaired) electrons. The Bertz CT molecular complexity index is 516. The van der Waals surface area contributed by atoms with E-state index in [2.05, 4.69) is 6.92 Å². The van der Waals surface area contributed by atoms with Crippen molar-refractivity contribution in [2.24, 2.45) is 5.92 Å². The molecule has 1 fully saturated rings. The number of carbonyl (C=O) groups excluding carboxylic acids is 1. The maximum atomic E-state index is 12.7. The number of aliphatic hydroxyl groups is 1. The molecule has 4 heteroatoms. The van der Waals surface area contributed by atoms with Gasteiger partial charge in [-0.1, -0.05) is 25.1 Å². The van der Waals surface area contributed by atoms with E-state index in [9.17, 15) is 4.79 Å². The number of hydrogen-bond donors (Lipinski definition) is 1. The summed E-state index contributed by atoms with van der Waals surface area (Å²) in [6, 6.07) is 7.82. The highest BCUT2D eigenvalue weighted by molar-refractivity contribution is 6.07. The molecule has 2 aliphatic rings. The summed E-state index contributed by atoms with van der Waals surface area (Å²) in [4.78, 5) is 14.4. The lowest BCUT2D eigenvalue weighted by atomic mass is 9.83. The van der Waals surface area contributed by atoms with Crippen LogP contribution in [0, 0.1) is 5.92 Å². The number of rotatable bonds is 2. The van der Waals surface area contributed by atoms with Crippen molar-refractivity contribution in [3.05, 3.63) is 29.8 Å². The number of amides is 1. The normalized spacial score (nSPS) is 33.2. The van der Waals surface area contributed by atoms with Crippen LogP contribution in [0.1, 0.15) is 25.3 Å². The van der Waals surface area contributed by atoms with Gasteiger partial charge in [0.1, 0.15) is 0 Å². The fourth-order valence-electron chi connectivity index (χ4n) is 3.45. The van der Waals surface area contributed by atoms with Crippen molar-refractivity contribution < 1.29 is 14.6 Å². The second kappa shape index (κ2) is 4.32. The van der Waals surface area contributed by atoms with Gasteiger partial charge in [0.15, 0.2) is 5.60 Å². The summed E-state index contributed by atoms with van der Waals surface area (Å²) in [6.07, 6.45) is 1.36. The molecule has 2 aliphatic heterocycles. The first-order valence-corrected chi connectivity index (χ1v) is 6.77. The van der Waals surface area contributed by atoms with Crippen molar-refractivity contribution in [2.75, 3.05) is 18.6 Å². The first-order chi connectivity index (χ1) is 9.11. The van der Waals surface area contributed by atoms with Crippen LogP contribution < -0.4 is 4.90 Å². The van der Waals surface area contributed by atoms with Gasteiger partial charge in [0.05, 0.1) is 11.8 Å². The number of nitrogens with zero attached hydrogens (tertiary/aromatic N) is 1. The SMILES string of the molecule is C[C@@H]1C[C@H](CCO)O[C@@]12C(=O)N(C)c1ccccc12. The second-order valence-corrected chi connectivity index (χ2v) is 5.51. The van der Waals surface area contributed by atoms with E-state index in [1.807, 2.05) is 24.3 Å². The fourth-order valence-corrected chi connectivity index (χ4v) is 3.45. The van der Waals surface area contributed by atoms with E-state index in [4.69, 9.17) is 9.84 Å². The molecule has 0 aromatic heterocycles. The number of benzene rings is 1. The quantitative estimate of drug-likeness (QED) is 0.881. The summed E-state index contributed by atoms with van der Waals surface area (Å²) < 4.78 is 6.12. The minimum Gasteiger partial charge on any atom is -0.396 e. The number of anilines is 1. The summed E-state index contributed by atoms with van der Waals surface area (Å²) in [5.41, 5.74) is 1.06. The molecule has 0 unspecified atom stereocenters. The molecule has 1 N–H and O–H groups in total. The van der Waals surface area contributed by atoms with Crippen LogP contribution in [0.5, 0.6) is 0 Å². The number of fused-ring (bicyclic) bond motifs is 2. The van der Waals surface area contributed by atoms with E-state index in [0.717, 1.165) is 17.7 Å². The number of hydrogen-bond acceptors (Lipinski definition) is 3. The van der Waals surface area contributed by atoms with Crippen LogP contribution in [0.4, 0.5) is 5.69 Å². The number of likely N-dealkylation sites (N-methyl/N-ethyl adjacent to an activating group) is 1. The highest BCUT2D eigenvalue weighted by Crippen LogP contribution is 2.52. The number of para-hydroxylation sites is 1. The molecule has 1 aromatic carbocycles. The average Bonchev–Trinajstić information content (AvgIpc) is 2.84. The first-order valence-electron chi connectivity index (χ1n) is 6.77. The fraction of sp³-hybridized carbons (Fsp3) is 0.533. The topological polar surface area (TPSA) is 49.8 Å². The highest BCUT2D eigenvalue weighted by Gasteiger charge is 2.59. The summed E-state index contributed by atoms with van der Waals surface area (Å²) in [7, 11) is 1.80. The van der Waals surface area contributed by atoms with Crippen molar-refractivity contribution in [3.8, 4) is 0 Å². The van der Waals surface area contributed by atoms with Gasteiger partial charge in [-0.2, -0.15) is 0 Å². The Morgan fingerprint density at radius 2 is 2.21 bits per heavy atom. The van der Waals surface area contributed by atoms with E-state index in [1.54, 1.807) is 11.9 Å². The van der Waals surface area contributed by atoms with Gasteiger partial charge in [-0.15, -0.1) is 0 Å². The molecule has 1 amide bonds. The number of aliphatic hydroxyl groups excluding tert-OH is 1. The van der Waals surface area contributed by atoms with Crippen molar-refractivity contribution in [3.63, 3.8) is 0 Å². The smallest absolute Gasteiger partial charge is 0.264 e. The summed E-state index contributed by atoms with van der Waals surface area (Å²) in [6.45, 7) is 2.16. The monoisotopic (exact) mass is 261 g/mol. The van der Waals surface area contributed by atoms with E-state index < -0.39 is 5.60 Å². The second-order valence-electron chi connectivity index (χ2n) is 5.51. The van der Waals surface area contributed by atoms with Gasteiger partial charge < -0.3 is 14.7 Å². The summed E-state index contributed by atoms with van der Waals surface area (Å²) in [5.74, 6) is 0.143. The van der Waals surface area contributed by atoms with Gasteiger partial charge in [-0.05, 0) is 18.9 Å². The minimum absolute atomic E-state index is 0.0154. The Labute approximate surface area is 113 Å². The van der Waals surface area contributed by atoms with E-state index in [0.29, 0.717) is 6.42 Å². The molecule has 4 nitrogen and oxygen atoms in total. The molecule has 3 rings (SSSR count). The average molecular weight is 261 g/mol. The minimum atomic E-state index is -0.842. The lowest BCUT2D eigenvalue weighted by Gasteiger charge is -2.27. The Balaban J connectivity index is 2.07. The van der Waals surface area contributed by atoms with Crippen LogP contribution >= 0.6 is 0 Å². The van der Waals surface area contributed by atoms with Gasteiger partial charge in [-0.25, -0.2) is 0 Å². The zero-order valence-corrected chi connectivity index (χ0v) is 11.3. The van der Waals surface area contributed by atoms with Gasteiger partial charge in [0.25, 0.3) is 5.91 Å². The van der Waals surface area contributed by atoms with Crippen LogP contribution in [-0.4, -0.2) is 30.8 Å². The Kier molecular flexibility index (Phi) is 2.87. The van der Waals surface area contributed by atoms with Crippen LogP contribution in [0.2, 0.25) is 0 Å². The Hall–Kier alpha value is -1.39. The standard InChI is InChI=1S/C15H19NO3/c1-10-9-11(7-8-17)19-15(10)12-5-3-4-6-13(12)16(2)14(15)18/h3-6,10-11,17H,7-9H2,1-2H3/t10-,11+,15+/m1/s1. The molecule has 2 heterocycles. The summed E-state index contributed by atoms with van der Waals surface area (Å²) in [5, 5.41) is 9.08. The zero-order valence-electron chi connectivity index (χ0n) is 11.3. The highest BCUT2D eigenvalue weighted by atomic mass is 16.5. The van der Waals surface area contributed by atoms with Gasteiger partial charge >= 0.3 is 0 Å². The maximum Gasteiger partial charge on any atom is 0.264 e. The lowest BCUT2D eigenvalue weighted by Crippen LogP contribution is -2.42. The van der Waals surface area contributed by atoms with Crippen molar-refractivity contribution in [2.45, 2.75) is 31.5 Å². The molecule has 3 atom stereocenters. The lowest BCUT2D eigenvalue weighted by molar-refractivity contribution is -0.145. The van der Waals surface area contributed by atoms with E-state index >= 15 is 0 Å². The predicted octanol–water partition coefficient (Wildman–Crippen LogP) is 1.67. The summed E-state index contributed by atoms with van der Waals surface area (Å²) >= 11 is 0. The predicted molar refractivity (Wildman–Crippen MR) is 71.9 cm³/mol. The van der Waals surface area contributed by atoms with Gasteiger partial charge in [-0.3, -0.25) is 4.79 Å². The molecule has 0 aliphatic carbocycles. The molecule has 1 spiro atoms. The van der Waals surface area contributed by atoms with E-state index in [-0.39, 0.29) is 24.5 Å². The van der Waals surface area contributed by atoms with Gasteiger partial charge in [0.2, 0.25) is 0 Å². The van der Waals surface area contributed by atoms with Crippen LogP contribution in [-0.2, 0) is 15.1 Å². The Morgan fingerprint density at radius 3 is 2.95 bits per heavy atom. The molecule has 0 saturated carbocycles. The number of ether oxygens (including phenoxy) is 1. The molecule has 102 valence electrons. The largest absolute Gasteiger partial charge is 0.396 e. The third-order valence-corrected chi connectivity index (χ3v) is 4.40. The molecule has 1 saturated heterocycles. The molecular formula is C15H19NO3. The van der Waals surface area contributed by atoms with Crippen LogP contribution in [0.25, 0.3) is 0 Å². The van der Waals surface area contributed by atoms with Crippen molar-refractivity contribution >= 4 is 11.6 Å². The molecule has 0 bridgehead atoms. The molecule has 1 aromatic rings. The maximum absolute atomic E-state index is 12.7. The third-order valence-electron chi connectivity index (χ3n) is 4.40. The van der Waals surface area contributed by atoms with Crippen LogP contribution in [0.15, 0.2) is 24.3 Å². The van der Waals surface area contributed by atoms with Crippen molar-refractivity contribution in [1.82, 2.24) is 0 Å². The van der Waals surface area contributed by atoms with Crippen molar-refractivity contribution in [1.29, 1.82) is 0 Å². The third kappa shape index (κ3) is 1.56. The molecular weight excluding hydrogens is 242 g/mol. The van der Waals surface area contributed by atoms with Gasteiger partial charge in [0, 0.05) is 25.1 Å². The number of carbonyl (C=O) groups is 1.